The van der Waals surface area contributed by atoms with Gasteiger partial charge in [0.15, 0.2) is 11.5 Å². The second kappa shape index (κ2) is 15.5. The Bertz CT molecular complexity index is 1570. The lowest BCUT2D eigenvalue weighted by Crippen LogP contribution is -2.51. The molecule has 238 valence electrons. The molecule has 3 aromatic carbocycles. The highest BCUT2D eigenvalue weighted by Gasteiger charge is 2.34. The first-order valence-corrected chi connectivity index (χ1v) is 15.6. The Balaban J connectivity index is 2.14. The zero-order valence-corrected chi connectivity index (χ0v) is 27.2. The number of hydrogen-bond acceptors (Lipinski definition) is 8. The van der Waals surface area contributed by atoms with Crippen molar-refractivity contribution >= 4 is 39.1 Å². The third-order valence-corrected chi connectivity index (χ3v) is 8.83. The van der Waals surface area contributed by atoms with E-state index in [1.54, 1.807) is 37.3 Å². The molecule has 3 aromatic rings. The molecule has 1 N–H and O–H groups in total. The minimum absolute atomic E-state index is 0.00761. The summed E-state index contributed by atoms with van der Waals surface area (Å²) in [5.41, 5.74) is 0.718. The molecule has 13 heteroatoms. The molecule has 0 heterocycles. The van der Waals surface area contributed by atoms with Crippen LogP contribution in [0.5, 0.6) is 23.0 Å². The number of halogens is 1. The Morgan fingerprint density at radius 3 is 2.20 bits per heavy atom. The number of anilines is 1. The molecule has 11 nitrogen and oxygen atoms in total. The maximum atomic E-state index is 14.3. The van der Waals surface area contributed by atoms with Crippen LogP contribution in [0.4, 0.5) is 5.69 Å². The van der Waals surface area contributed by atoms with E-state index in [9.17, 15) is 18.0 Å². The molecule has 0 aliphatic carbocycles. The van der Waals surface area contributed by atoms with Gasteiger partial charge in [0.1, 0.15) is 24.1 Å². The standard InChI is InChI=1S/C31H38ClN3O8S/c1-7-15-33-31(37)21(2)34(19-22-9-8-10-24(16-22)40-3)30(36)20-35(26-17-23(32)11-13-27(26)41-4)44(38,39)25-12-14-28(42-5)29(18-25)43-6/h8-14,16-18,21H,7,15,19-20H2,1-6H3,(H,33,37)/t21-/m0/s1. The lowest BCUT2D eigenvalue weighted by Gasteiger charge is -2.32. The fourth-order valence-electron chi connectivity index (χ4n) is 4.42. The van der Waals surface area contributed by atoms with Gasteiger partial charge >= 0.3 is 0 Å². The Kier molecular flexibility index (Phi) is 12.1. The molecule has 44 heavy (non-hydrogen) atoms. The van der Waals surface area contributed by atoms with Gasteiger partial charge in [0.25, 0.3) is 10.0 Å². The Morgan fingerprint density at radius 1 is 0.886 bits per heavy atom. The predicted molar refractivity (Wildman–Crippen MR) is 168 cm³/mol. The van der Waals surface area contributed by atoms with Crippen molar-refractivity contribution in [2.45, 2.75) is 37.8 Å². The quantitative estimate of drug-likeness (QED) is 0.256. The number of amides is 2. The van der Waals surface area contributed by atoms with Crippen LogP contribution < -0.4 is 28.6 Å². The number of ether oxygens (including phenoxy) is 4. The molecule has 2 amide bonds. The third-order valence-electron chi connectivity index (χ3n) is 6.84. The van der Waals surface area contributed by atoms with Crippen LogP contribution in [0.2, 0.25) is 5.02 Å². The summed E-state index contributed by atoms with van der Waals surface area (Å²) in [6.45, 7) is 3.26. The van der Waals surface area contributed by atoms with Crippen LogP contribution in [0, 0.1) is 0 Å². The fraction of sp³-hybridized carbons (Fsp3) is 0.355. The van der Waals surface area contributed by atoms with Crippen molar-refractivity contribution in [2.24, 2.45) is 0 Å². The summed E-state index contributed by atoms with van der Waals surface area (Å²) < 4.78 is 50.9. The Morgan fingerprint density at radius 2 is 1.57 bits per heavy atom. The average molecular weight is 648 g/mol. The zero-order chi connectivity index (χ0) is 32.4. The molecule has 0 aliphatic rings. The second-order valence-electron chi connectivity index (χ2n) is 9.68. The Hall–Kier alpha value is -4.16. The number of carbonyl (C=O) groups is 2. The molecule has 3 rings (SSSR count). The molecule has 0 saturated carbocycles. The van der Waals surface area contributed by atoms with E-state index in [4.69, 9.17) is 30.5 Å². The van der Waals surface area contributed by atoms with E-state index in [1.165, 1.54) is 63.7 Å². The fourth-order valence-corrected chi connectivity index (χ4v) is 6.02. The summed E-state index contributed by atoms with van der Waals surface area (Å²) in [7, 11) is 1.28. The van der Waals surface area contributed by atoms with Crippen LogP contribution in [0.3, 0.4) is 0 Å². The lowest BCUT2D eigenvalue weighted by atomic mass is 10.1. The highest BCUT2D eigenvalue weighted by atomic mass is 35.5. The van der Waals surface area contributed by atoms with E-state index in [-0.39, 0.29) is 39.6 Å². The van der Waals surface area contributed by atoms with Gasteiger partial charge in [-0.05, 0) is 61.4 Å². The average Bonchev–Trinajstić information content (AvgIpc) is 3.03. The first-order chi connectivity index (χ1) is 21.0. The zero-order valence-electron chi connectivity index (χ0n) is 25.6. The molecule has 0 aliphatic heterocycles. The van der Waals surface area contributed by atoms with Gasteiger partial charge in [-0.15, -0.1) is 0 Å². The third kappa shape index (κ3) is 8.06. The van der Waals surface area contributed by atoms with Crippen LogP contribution in [-0.2, 0) is 26.2 Å². The molecule has 0 saturated heterocycles. The van der Waals surface area contributed by atoms with Crippen LogP contribution in [-0.4, -0.2) is 72.7 Å². The van der Waals surface area contributed by atoms with Gasteiger partial charge in [0.05, 0.1) is 39.0 Å². The van der Waals surface area contributed by atoms with Gasteiger partial charge in [-0.1, -0.05) is 30.7 Å². The van der Waals surface area contributed by atoms with E-state index in [1.807, 2.05) is 6.92 Å². The molecule has 0 radical (unpaired) electrons. The van der Waals surface area contributed by atoms with Gasteiger partial charge < -0.3 is 29.2 Å². The minimum atomic E-state index is -4.44. The van der Waals surface area contributed by atoms with Gasteiger partial charge in [0, 0.05) is 24.2 Å². The van der Waals surface area contributed by atoms with Gasteiger partial charge in [-0.3, -0.25) is 13.9 Å². The highest BCUT2D eigenvalue weighted by molar-refractivity contribution is 7.92. The summed E-state index contributed by atoms with van der Waals surface area (Å²) in [6.07, 6.45) is 0.703. The van der Waals surface area contributed by atoms with Crippen molar-refractivity contribution in [1.82, 2.24) is 10.2 Å². The number of rotatable bonds is 15. The summed E-state index contributed by atoms with van der Waals surface area (Å²) in [5.74, 6) is 0.221. The topological polar surface area (TPSA) is 124 Å². The van der Waals surface area contributed by atoms with Crippen molar-refractivity contribution in [3.8, 4) is 23.0 Å². The lowest BCUT2D eigenvalue weighted by molar-refractivity contribution is -0.139. The molecular formula is C31H38ClN3O8S. The number of benzene rings is 3. The van der Waals surface area contributed by atoms with Gasteiger partial charge in [0.2, 0.25) is 11.8 Å². The van der Waals surface area contributed by atoms with Crippen molar-refractivity contribution in [3.05, 3.63) is 71.2 Å². The Labute approximate surface area is 263 Å². The number of hydrogen-bond donors (Lipinski definition) is 1. The molecule has 0 bridgehead atoms. The molecule has 0 aromatic heterocycles. The van der Waals surface area contributed by atoms with Crippen molar-refractivity contribution in [1.29, 1.82) is 0 Å². The molecule has 0 unspecified atom stereocenters. The number of sulfonamides is 1. The van der Waals surface area contributed by atoms with E-state index in [0.29, 0.717) is 30.0 Å². The molecule has 1 atom stereocenters. The van der Waals surface area contributed by atoms with Gasteiger partial charge in [-0.2, -0.15) is 0 Å². The maximum absolute atomic E-state index is 14.3. The summed E-state index contributed by atoms with van der Waals surface area (Å²) in [4.78, 5) is 28.4. The van der Waals surface area contributed by atoms with Crippen molar-refractivity contribution in [3.63, 3.8) is 0 Å². The van der Waals surface area contributed by atoms with E-state index >= 15 is 0 Å². The number of carbonyl (C=O) groups excluding carboxylic acids is 2. The molecular weight excluding hydrogens is 610 g/mol. The van der Waals surface area contributed by atoms with Crippen molar-refractivity contribution in [2.75, 3.05) is 45.8 Å². The molecule has 0 fully saturated rings. The van der Waals surface area contributed by atoms with E-state index < -0.39 is 28.5 Å². The number of nitrogens with zero attached hydrogens (tertiary/aromatic N) is 2. The van der Waals surface area contributed by atoms with Crippen LogP contribution in [0.1, 0.15) is 25.8 Å². The van der Waals surface area contributed by atoms with E-state index in [2.05, 4.69) is 5.32 Å². The van der Waals surface area contributed by atoms with Gasteiger partial charge in [-0.25, -0.2) is 8.42 Å². The van der Waals surface area contributed by atoms with Crippen molar-refractivity contribution < 1.29 is 37.0 Å². The van der Waals surface area contributed by atoms with Crippen LogP contribution in [0.15, 0.2) is 65.6 Å². The highest BCUT2D eigenvalue weighted by Crippen LogP contribution is 2.37. The predicted octanol–water partition coefficient (Wildman–Crippen LogP) is 4.51. The maximum Gasteiger partial charge on any atom is 0.265 e. The summed E-state index contributed by atoms with van der Waals surface area (Å²) >= 11 is 6.30. The number of nitrogens with one attached hydrogen (secondary N) is 1. The van der Waals surface area contributed by atoms with Crippen LogP contribution in [0.25, 0.3) is 0 Å². The monoisotopic (exact) mass is 647 g/mol. The van der Waals surface area contributed by atoms with Crippen LogP contribution >= 0.6 is 11.6 Å². The molecule has 0 spiro atoms. The summed E-state index contributed by atoms with van der Waals surface area (Å²) in [6, 6.07) is 14.7. The minimum Gasteiger partial charge on any atom is -0.497 e. The first kappa shape index (κ1) is 34.3. The second-order valence-corrected chi connectivity index (χ2v) is 12.0. The smallest absolute Gasteiger partial charge is 0.265 e. The number of methoxy groups -OCH3 is 4. The normalized spacial score (nSPS) is 11.7. The SMILES string of the molecule is CCCNC(=O)[C@H](C)N(Cc1cccc(OC)c1)C(=O)CN(c1cc(Cl)ccc1OC)S(=O)(=O)c1ccc(OC)c(OC)c1. The first-order valence-electron chi connectivity index (χ1n) is 13.8. The summed E-state index contributed by atoms with van der Waals surface area (Å²) in [5, 5.41) is 3.04. The van der Waals surface area contributed by atoms with E-state index in [0.717, 1.165) is 4.31 Å². The largest absolute Gasteiger partial charge is 0.497 e.